The zero-order valence-electron chi connectivity index (χ0n) is 12.9. The largest absolute Gasteiger partial charge is 0.473 e. The van der Waals surface area contributed by atoms with Gasteiger partial charge in [-0.2, -0.15) is 4.98 Å². The summed E-state index contributed by atoms with van der Waals surface area (Å²) < 4.78 is 5.61. The summed E-state index contributed by atoms with van der Waals surface area (Å²) in [6.07, 6.45) is 5.28. The third-order valence-electron chi connectivity index (χ3n) is 4.22. The highest BCUT2D eigenvalue weighted by Gasteiger charge is 2.28. The van der Waals surface area contributed by atoms with Gasteiger partial charge in [-0.05, 0) is 32.1 Å². The molecule has 1 aromatic heterocycles. The fourth-order valence-corrected chi connectivity index (χ4v) is 2.77. The zero-order valence-corrected chi connectivity index (χ0v) is 12.9. The van der Waals surface area contributed by atoms with Crippen LogP contribution >= 0.6 is 0 Å². The van der Waals surface area contributed by atoms with E-state index in [0.29, 0.717) is 29.3 Å². The third kappa shape index (κ3) is 3.32. The van der Waals surface area contributed by atoms with E-state index in [1.165, 1.54) is 19.2 Å². The number of nitrogen functional groups attached to an aromatic ring is 1. The topological polar surface area (TPSA) is 73.1 Å². The quantitative estimate of drug-likeness (QED) is 0.885. The van der Waals surface area contributed by atoms with E-state index in [9.17, 15) is 0 Å². The number of anilines is 2. The van der Waals surface area contributed by atoms with Crippen LogP contribution in [0, 0.1) is 11.8 Å². The fraction of sp³-hybridized carbons (Fsp3) is 0.733. The molecule has 1 saturated carbocycles. The first-order valence-corrected chi connectivity index (χ1v) is 7.52. The summed E-state index contributed by atoms with van der Waals surface area (Å²) in [5.41, 5.74) is 6.62. The number of nitrogens with one attached hydrogen (secondary N) is 1. The first kappa shape index (κ1) is 14.9. The highest BCUT2D eigenvalue weighted by Crippen LogP contribution is 2.33. The molecule has 0 aliphatic heterocycles. The van der Waals surface area contributed by atoms with Crippen LogP contribution in [-0.2, 0) is 0 Å². The molecule has 0 amide bonds. The summed E-state index contributed by atoms with van der Waals surface area (Å²) in [5, 5.41) is 3.49. The second kappa shape index (κ2) is 6.29. The Balaban J connectivity index is 2.13. The van der Waals surface area contributed by atoms with Crippen LogP contribution in [0.4, 0.5) is 11.5 Å². The normalized spacial score (nSPS) is 26.6. The molecule has 0 saturated heterocycles. The van der Waals surface area contributed by atoms with Crippen molar-refractivity contribution in [3.63, 3.8) is 0 Å². The summed E-state index contributed by atoms with van der Waals surface area (Å²) >= 11 is 0. The average molecular weight is 278 g/mol. The van der Waals surface area contributed by atoms with Gasteiger partial charge in [0.1, 0.15) is 12.0 Å². The average Bonchev–Trinajstić information content (AvgIpc) is 2.39. The van der Waals surface area contributed by atoms with Crippen LogP contribution in [0.25, 0.3) is 0 Å². The number of nitrogens with zero attached hydrogens (tertiary/aromatic N) is 2. The van der Waals surface area contributed by atoms with Crippen molar-refractivity contribution in [2.45, 2.75) is 59.1 Å². The van der Waals surface area contributed by atoms with E-state index >= 15 is 0 Å². The Bertz CT molecular complexity index is 449. The molecule has 3 N–H and O–H groups in total. The zero-order chi connectivity index (χ0) is 14.7. The first-order valence-electron chi connectivity index (χ1n) is 7.52. The predicted octanol–water partition coefficient (Wildman–Crippen LogP) is 3.08. The molecule has 1 heterocycles. The molecule has 5 heteroatoms. The number of rotatable bonds is 4. The van der Waals surface area contributed by atoms with Gasteiger partial charge in [-0.15, -0.1) is 0 Å². The summed E-state index contributed by atoms with van der Waals surface area (Å²) in [6, 6.07) is 0.419. The van der Waals surface area contributed by atoms with Crippen molar-refractivity contribution in [1.82, 2.24) is 9.97 Å². The van der Waals surface area contributed by atoms with Gasteiger partial charge in [0, 0.05) is 6.04 Å². The van der Waals surface area contributed by atoms with Crippen molar-refractivity contribution in [2.24, 2.45) is 11.8 Å². The van der Waals surface area contributed by atoms with E-state index in [2.05, 4.69) is 29.1 Å². The Kier molecular flexibility index (Phi) is 4.68. The first-order chi connectivity index (χ1) is 9.49. The Morgan fingerprint density at radius 2 is 2.05 bits per heavy atom. The molecule has 0 aromatic carbocycles. The van der Waals surface area contributed by atoms with Crippen LogP contribution in [0.2, 0.25) is 0 Å². The summed E-state index contributed by atoms with van der Waals surface area (Å²) in [5.74, 6) is 2.51. The van der Waals surface area contributed by atoms with Gasteiger partial charge in [-0.25, -0.2) is 4.98 Å². The van der Waals surface area contributed by atoms with E-state index in [1.807, 2.05) is 13.8 Å². The van der Waals surface area contributed by atoms with Crippen LogP contribution in [0.5, 0.6) is 5.88 Å². The highest BCUT2D eigenvalue weighted by molar-refractivity contribution is 5.66. The molecule has 1 aromatic rings. The molecule has 0 spiro atoms. The number of nitrogens with two attached hydrogens (primary N) is 1. The van der Waals surface area contributed by atoms with Gasteiger partial charge < -0.3 is 15.8 Å². The summed E-state index contributed by atoms with van der Waals surface area (Å²) in [6.45, 7) is 8.53. The monoisotopic (exact) mass is 278 g/mol. The Morgan fingerprint density at radius 1 is 1.30 bits per heavy atom. The van der Waals surface area contributed by atoms with Gasteiger partial charge in [-0.3, -0.25) is 0 Å². The maximum Gasteiger partial charge on any atom is 0.242 e. The van der Waals surface area contributed by atoms with Crippen LogP contribution in [0.1, 0.15) is 47.0 Å². The lowest BCUT2D eigenvalue weighted by atomic mass is 9.78. The summed E-state index contributed by atoms with van der Waals surface area (Å²) in [7, 11) is 0. The van der Waals surface area contributed by atoms with Gasteiger partial charge in [0.25, 0.3) is 0 Å². The van der Waals surface area contributed by atoms with Gasteiger partial charge in [0.05, 0.1) is 6.10 Å². The van der Waals surface area contributed by atoms with Crippen molar-refractivity contribution in [1.29, 1.82) is 0 Å². The van der Waals surface area contributed by atoms with Crippen LogP contribution < -0.4 is 15.8 Å². The minimum Gasteiger partial charge on any atom is -0.473 e. The smallest absolute Gasteiger partial charge is 0.242 e. The van der Waals surface area contributed by atoms with E-state index in [-0.39, 0.29) is 6.10 Å². The molecule has 20 heavy (non-hydrogen) atoms. The molecule has 5 nitrogen and oxygen atoms in total. The van der Waals surface area contributed by atoms with Crippen molar-refractivity contribution in [3.8, 4) is 5.88 Å². The van der Waals surface area contributed by atoms with Gasteiger partial charge in [0.2, 0.25) is 5.88 Å². The van der Waals surface area contributed by atoms with E-state index in [0.717, 1.165) is 12.3 Å². The van der Waals surface area contributed by atoms with Crippen LogP contribution in [0.3, 0.4) is 0 Å². The second-order valence-corrected chi connectivity index (χ2v) is 6.13. The van der Waals surface area contributed by atoms with E-state index in [4.69, 9.17) is 10.5 Å². The number of hydrogen-bond donors (Lipinski definition) is 2. The number of hydrogen-bond acceptors (Lipinski definition) is 5. The minimum absolute atomic E-state index is 0.0497. The maximum absolute atomic E-state index is 6.12. The van der Waals surface area contributed by atoms with Gasteiger partial charge >= 0.3 is 0 Å². The predicted molar refractivity (Wildman–Crippen MR) is 81.8 cm³/mol. The van der Waals surface area contributed by atoms with Crippen molar-refractivity contribution >= 4 is 11.5 Å². The molecule has 3 unspecified atom stereocenters. The van der Waals surface area contributed by atoms with Gasteiger partial charge in [0.15, 0.2) is 5.82 Å². The summed E-state index contributed by atoms with van der Waals surface area (Å²) in [4.78, 5) is 8.38. The number of aromatic nitrogens is 2. The molecule has 3 atom stereocenters. The SMILES string of the molecule is CC(C)Oc1ncnc(NC2CCCC(C)C2C)c1N. The Morgan fingerprint density at radius 3 is 2.75 bits per heavy atom. The van der Waals surface area contributed by atoms with Crippen molar-refractivity contribution in [2.75, 3.05) is 11.1 Å². The third-order valence-corrected chi connectivity index (χ3v) is 4.22. The molecule has 1 aliphatic carbocycles. The molecule has 1 fully saturated rings. The standard InChI is InChI=1S/C15H26N4O/c1-9(2)20-15-13(16)14(17-8-18-15)19-12-7-5-6-10(3)11(12)4/h8-12H,5-7,16H2,1-4H3,(H,17,18,19). The molecular formula is C15H26N4O. The molecule has 112 valence electrons. The van der Waals surface area contributed by atoms with Crippen LogP contribution in [0.15, 0.2) is 6.33 Å². The molecular weight excluding hydrogens is 252 g/mol. The molecule has 0 radical (unpaired) electrons. The maximum atomic E-state index is 6.12. The van der Waals surface area contributed by atoms with E-state index in [1.54, 1.807) is 0 Å². The Labute approximate surface area is 121 Å². The molecule has 1 aliphatic rings. The Hall–Kier alpha value is -1.52. The lowest BCUT2D eigenvalue weighted by molar-refractivity contribution is 0.233. The second-order valence-electron chi connectivity index (χ2n) is 6.13. The molecule has 0 bridgehead atoms. The van der Waals surface area contributed by atoms with Gasteiger partial charge in [-0.1, -0.05) is 26.7 Å². The highest BCUT2D eigenvalue weighted by atomic mass is 16.5. The minimum atomic E-state index is 0.0497. The molecule has 2 rings (SSSR count). The van der Waals surface area contributed by atoms with Crippen molar-refractivity contribution < 1.29 is 4.74 Å². The van der Waals surface area contributed by atoms with Crippen LogP contribution in [-0.4, -0.2) is 22.1 Å². The van der Waals surface area contributed by atoms with Crippen molar-refractivity contribution in [3.05, 3.63) is 6.33 Å². The lowest BCUT2D eigenvalue weighted by Crippen LogP contribution is -2.35. The van der Waals surface area contributed by atoms with E-state index < -0.39 is 0 Å². The lowest BCUT2D eigenvalue weighted by Gasteiger charge is -2.35. The fourth-order valence-electron chi connectivity index (χ4n) is 2.77. The number of ether oxygens (including phenoxy) is 1.